The number of hydrogen-bond donors (Lipinski definition) is 2. The lowest BCUT2D eigenvalue weighted by atomic mass is 9.76. The molecular weight excluding hydrogens is 382 g/mol. The smallest absolute Gasteiger partial charge is 0.269 e. The molecule has 2 aromatic rings. The van der Waals surface area contributed by atoms with E-state index in [-0.39, 0.29) is 28.5 Å². The normalized spacial score (nSPS) is 21.4. The number of benzene rings is 2. The molecule has 4 rings (SSSR count). The first-order chi connectivity index (χ1) is 14.6. The van der Waals surface area contributed by atoms with Crippen LogP contribution in [0.3, 0.4) is 0 Å². The van der Waals surface area contributed by atoms with Crippen molar-refractivity contribution in [3.8, 4) is 0 Å². The number of fused-ring (bicyclic) bond motifs is 3. The molecule has 3 unspecified atom stereocenters. The van der Waals surface area contributed by atoms with E-state index in [1.807, 2.05) is 30.3 Å². The number of nitro benzene ring substituents is 1. The lowest BCUT2D eigenvalue weighted by Crippen LogP contribution is -2.30. The minimum Gasteiger partial charge on any atom is -0.385 e. The fourth-order valence-corrected chi connectivity index (χ4v) is 4.39. The first-order valence-corrected chi connectivity index (χ1v) is 10.2. The Morgan fingerprint density at radius 1 is 1.27 bits per heavy atom. The summed E-state index contributed by atoms with van der Waals surface area (Å²) in [6.07, 6.45) is 6.09. The number of anilines is 1. The molecule has 0 spiro atoms. The van der Waals surface area contributed by atoms with E-state index in [4.69, 9.17) is 4.74 Å². The molecule has 0 saturated carbocycles. The first kappa shape index (κ1) is 20.1. The van der Waals surface area contributed by atoms with Crippen LogP contribution in [0.4, 0.5) is 11.4 Å². The highest BCUT2D eigenvalue weighted by molar-refractivity contribution is 5.95. The third-order valence-electron chi connectivity index (χ3n) is 5.90. The molecule has 2 aliphatic rings. The molecular formula is C23H25N3O4. The Kier molecular flexibility index (Phi) is 5.81. The van der Waals surface area contributed by atoms with Crippen molar-refractivity contribution in [2.24, 2.45) is 5.92 Å². The lowest BCUT2D eigenvalue weighted by molar-refractivity contribution is -0.384. The minimum absolute atomic E-state index is 0.0621. The largest absolute Gasteiger partial charge is 0.385 e. The maximum Gasteiger partial charge on any atom is 0.269 e. The molecule has 156 valence electrons. The van der Waals surface area contributed by atoms with Gasteiger partial charge in [0.05, 0.1) is 11.0 Å². The molecule has 30 heavy (non-hydrogen) atoms. The second kappa shape index (κ2) is 8.67. The van der Waals surface area contributed by atoms with Crippen molar-refractivity contribution in [1.29, 1.82) is 0 Å². The molecule has 1 amide bonds. The number of methoxy groups -OCH3 is 1. The Balaban J connectivity index is 1.56. The number of nitro groups is 1. The minimum atomic E-state index is -0.380. The van der Waals surface area contributed by atoms with Crippen LogP contribution in [0.1, 0.15) is 46.3 Å². The summed E-state index contributed by atoms with van der Waals surface area (Å²) < 4.78 is 5.02. The van der Waals surface area contributed by atoms with Gasteiger partial charge in [-0.25, -0.2) is 0 Å². The van der Waals surface area contributed by atoms with Crippen molar-refractivity contribution >= 4 is 17.3 Å². The molecule has 1 aliphatic heterocycles. The second-order valence-electron chi connectivity index (χ2n) is 7.73. The number of ether oxygens (including phenoxy) is 1. The van der Waals surface area contributed by atoms with Gasteiger partial charge in [0.2, 0.25) is 0 Å². The first-order valence-electron chi connectivity index (χ1n) is 10.2. The van der Waals surface area contributed by atoms with Gasteiger partial charge in [-0.05, 0) is 48.1 Å². The van der Waals surface area contributed by atoms with Crippen LogP contribution in [-0.2, 0) is 4.74 Å². The molecule has 7 nitrogen and oxygen atoms in total. The second-order valence-corrected chi connectivity index (χ2v) is 7.73. The van der Waals surface area contributed by atoms with Crippen LogP contribution in [0, 0.1) is 16.0 Å². The fourth-order valence-electron chi connectivity index (χ4n) is 4.39. The van der Waals surface area contributed by atoms with Gasteiger partial charge >= 0.3 is 0 Å². The molecule has 0 radical (unpaired) electrons. The van der Waals surface area contributed by atoms with E-state index in [0.717, 1.165) is 29.7 Å². The third-order valence-corrected chi connectivity index (χ3v) is 5.90. The van der Waals surface area contributed by atoms with Crippen LogP contribution in [0.25, 0.3) is 0 Å². The summed E-state index contributed by atoms with van der Waals surface area (Å²) in [4.78, 5) is 23.1. The van der Waals surface area contributed by atoms with Crippen LogP contribution in [0.2, 0.25) is 0 Å². The molecule has 2 N–H and O–H groups in total. The van der Waals surface area contributed by atoms with Crippen molar-refractivity contribution in [3.63, 3.8) is 0 Å². The molecule has 0 saturated heterocycles. The van der Waals surface area contributed by atoms with Gasteiger partial charge < -0.3 is 15.4 Å². The zero-order chi connectivity index (χ0) is 21.1. The van der Waals surface area contributed by atoms with E-state index in [1.54, 1.807) is 19.2 Å². The summed E-state index contributed by atoms with van der Waals surface area (Å²) in [6.45, 7) is 1.20. The average molecular weight is 407 g/mol. The maximum atomic E-state index is 12.5. The summed E-state index contributed by atoms with van der Waals surface area (Å²) in [6, 6.07) is 12.6. The van der Waals surface area contributed by atoms with E-state index >= 15 is 0 Å². The Hall–Kier alpha value is -3.19. The Bertz CT molecular complexity index is 971. The van der Waals surface area contributed by atoms with Gasteiger partial charge in [-0.15, -0.1) is 0 Å². The fraction of sp³-hybridized carbons (Fsp3) is 0.348. The zero-order valence-electron chi connectivity index (χ0n) is 16.8. The Labute approximate surface area is 175 Å². The van der Waals surface area contributed by atoms with E-state index in [0.29, 0.717) is 24.6 Å². The van der Waals surface area contributed by atoms with E-state index in [2.05, 4.69) is 22.8 Å². The Morgan fingerprint density at radius 2 is 2.07 bits per heavy atom. The molecule has 2 aromatic carbocycles. The number of hydrogen-bond acceptors (Lipinski definition) is 5. The average Bonchev–Trinajstić information content (AvgIpc) is 3.26. The molecule has 1 heterocycles. The number of non-ortho nitro benzene ring substituents is 1. The molecule has 1 aliphatic carbocycles. The summed E-state index contributed by atoms with van der Waals surface area (Å²) in [5.41, 5.74) is 3.90. The number of nitrogens with zero attached hydrogens (tertiary/aromatic N) is 1. The van der Waals surface area contributed by atoms with Gasteiger partial charge in [0, 0.05) is 49.6 Å². The molecule has 7 heteroatoms. The van der Waals surface area contributed by atoms with Gasteiger partial charge in [-0.2, -0.15) is 0 Å². The van der Waals surface area contributed by atoms with Crippen LogP contribution in [-0.4, -0.2) is 31.1 Å². The van der Waals surface area contributed by atoms with Gasteiger partial charge in [0.25, 0.3) is 11.6 Å². The third kappa shape index (κ3) is 3.93. The van der Waals surface area contributed by atoms with E-state index < -0.39 is 0 Å². The van der Waals surface area contributed by atoms with Crippen LogP contribution in [0.5, 0.6) is 0 Å². The zero-order valence-corrected chi connectivity index (χ0v) is 16.8. The molecule has 3 atom stereocenters. The SMILES string of the molecule is COCCCNC(=O)c1ccc2c(c1)C1C=CCC1C(c1ccc([N+](=O)[O-])cc1)N2. The number of allylic oxidation sites excluding steroid dienone is 2. The van der Waals surface area contributed by atoms with E-state index in [1.165, 1.54) is 0 Å². The highest BCUT2D eigenvalue weighted by Gasteiger charge is 2.38. The van der Waals surface area contributed by atoms with Crippen molar-refractivity contribution in [1.82, 2.24) is 5.32 Å². The number of rotatable bonds is 7. The molecule has 0 aromatic heterocycles. The summed E-state index contributed by atoms with van der Waals surface area (Å²) in [5.74, 6) is 0.437. The predicted molar refractivity (Wildman–Crippen MR) is 115 cm³/mol. The predicted octanol–water partition coefficient (Wildman–Crippen LogP) is 4.19. The summed E-state index contributed by atoms with van der Waals surface area (Å²) >= 11 is 0. The van der Waals surface area contributed by atoms with Crippen LogP contribution >= 0.6 is 0 Å². The van der Waals surface area contributed by atoms with Gasteiger partial charge in [0.15, 0.2) is 0 Å². The van der Waals surface area contributed by atoms with Crippen molar-refractivity contribution < 1.29 is 14.5 Å². The number of nitrogens with one attached hydrogen (secondary N) is 2. The van der Waals surface area contributed by atoms with Gasteiger partial charge in [0.1, 0.15) is 0 Å². The monoisotopic (exact) mass is 407 g/mol. The van der Waals surface area contributed by atoms with Gasteiger partial charge in [-0.3, -0.25) is 14.9 Å². The van der Waals surface area contributed by atoms with E-state index in [9.17, 15) is 14.9 Å². The number of carbonyl (C=O) groups is 1. The number of carbonyl (C=O) groups excluding carboxylic acids is 1. The Morgan fingerprint density at radius 3 is 2.80 bits per heavy atom. The standard InChI is InChI=1S/C23H25N3O4/c1-30-13-3-12-24-23(27)16-8-11-21-20(14-16)18-4-2-5-19(18)22(25-21)15-6-9-17(10-7-15)26(28)29/h2,4,6-11,14,18-19,22,25H,3,5,12-13H2,1H3,(H,24,27). The van der Waals surface area contributed by atoms with Crippen molar-refractivity contribution in [3.05, 3.63) is 81.4 Å². The molecule has 0 fully saturated rings. The van der Waals surface area contributed by atoms with Crippen molar-refractivity contribution in [2.45, 2.75) is 24.8 Å². The van der Waals surface area contributed by atoms with Crippen LogP contribution < -0.4 is 10.6 Å². The summed E-state index contributed by atoms with van der Waals surface area (Å²) in [7, 11) is 1.65. The van der Waals surface area contributed by atoms with Crippen LogP contribution in [0.15, 0.2) is 54.6 Å². The highest BCUT2D eigenvalue weighted by Crippen LogP contribution is 2.50. The van der Waals surface area contributed by atoms with Gasteiger partial charge in [-0.1, -0.05) is 24.3 Å². The summed E-state index contributed by atoms with van der Waals surface area (Å²) in [5, 5.41) is 17.5. The quantitative estimate of drug-likeness (QED) is 0.311. The lowest BCUT2D eigenvalue weighted by Gasteiger charge is -2.37. The highest BCUT2D eigenvalue weighted by atomic mass is 16.6. The maximum absolute atomic E-state index is 12.5. The topological polar surface area (TPSA) is 93.5 Å². The van der Waals surface area contributed by atoms with Crippen molar-refractivity contribution in [2.75, 3.05) is 25.6 Å². The number of amides is 1. The molecule has 0 bridgehead atoms.